The Kier molecular flexibility index (Phi) is 4.48. The second-order valence-electron chi connectivity index (χ2n) is 3.64. The van der Waals surface area contributed by atoms with Crippen LogP contribution in [0.1, 0.15) is 17.2 Å². The molecule has 0 bridgehead atoms. The smallest absolute Gasteiger partial charge is 0.337 e. The van der Waals surface area contributed by atoms with Crippen LogP contribution in [-0.4, -0.2) is 36.5 Å². The lowest BCUT2D eigenvalue weighted by Crippen LogP contribution is -2.29. The zero-order chi connectivity index (χ0) is 13.0. The van der Waals surface area contributed by atoms with Crippen LogP contribution >= 0.6 is 0 Å². The Hall–Kier alpha value is -1.59. The van der Waals surface area contributed by atoms with Crippen molar-refractivity contribution in [1.29, 1.82) is 0 Å². The normalized spacial score (nSPS) is 13.9. The highest BCUT2D eigenvalue weighted by molar-refractivity contribution is 5.75. The van der Waals surface area contributed by atoms with Gasteiger partial charge in [0.2, 0.25) is 0 Å². The number of hydrogen-bond acceptors (Lipinski definition) is 5. The van der Waals surface area contributed by atoms with Gasteiger partial charge in [-0.2, -0.15) is 0 Å². The minimum Gasteiger partial charge on any atom is -0.496 e. The van der Waals surface area contributed by atoms with Gasteiger partial charge in [0.15, 0.2) is 6.10 Å². The fourth-order valence-corrected chi connectivity index (χ4v) is 1.52. The zero-order valence-electron chi connectivity index (χ0n) is 10.0. The van der Waals surface area contributed by atoms with Crippen LogP contribution in [-0.2, 0) is 9.53 Å². The van der Waals surface area contributed by atoms with E-state index in [0.29, 0.717) is 11.3 Å². The summed E-state index contributed by atoms with van der Waals surface area (Å²) in [4.78, 5) is 11.1. The van der Waals surface area contributed by atoms with Gasteiger partial charge in [-0.1, -0.05) is 6.07 Å². The van der Waals surface area contributed by atoms with Crippen LogP contribution in [0.25, 0.3) is 0 Å². The molecule has 5 nitrogen and oxygen atoms in total. The number of carbonyl (C=O) groups is 1. The van der Waals surface area contributed by atoms with Gasteiger partial charge in [0, 0.05) is 0 Å². The molecule has 0 aromatic heterocycles. The van der Waals surface area contributed by atoms with E-state index in [0.717, 1.165) is 12.7 Å². The summed E-state index contributed by atoms with van der Waals surface area (Å²) in [5.41, 5.74) is 1.24. The first-order valence-corrected chi connectivity index (χ1v) is 5.09. The minimum absolute atomic E-state index is 0.432. The van der Waals surface area contributed by atoms with Gasteiger partial charge in [0.1, 0.15) is 11.9 Å². The number of aliphatic hydroxyl groups is 2. The van der Waals surface area contributed by atoms with Crippen molar-refractivity contribution in [1.82, 2.24) is 0 Å². The molecule has 0 saturated carbocycles. The average Bonchev–Trinajstić information content (AvgIpc) is 2.35. The van der Waals surface area contributed by atoms with E-state index in [9.17, 15) is 15.0 Å². The summed E-state index contributed by atoms with van der Waals surface area (Å²) in [6.07, 6.45) is -2.90. The topological polar surface area (TPSA) is 76.0 Å². The number of ether oxygens (including phenoxy) is 2. The van der Waals surface area contributed by atoms with Crippen LogP contribution in [0.4, 0.5) is 0 Å². The van der Waals surface area contributed by atoms with Crippen molar-refractivity contribution in [2.75, 3.05) is 14.2 Å². The van der Waals surface area contributed by atoms with Crippen LogP contribution in [0.3, 0.4) is 0 Å². The fraction of sp³-hybridized carbons (Fsp3) is 0.417. The highest BCUT2D eigenvalue weighted by atomic mass is 16.5. The van der Waals surface area contributed by atoms with Gasteiger partial charge in [0.05, 0.1) is 14.2 Å². The zero-order valence-corrected chi connectivity index (χ0v) is 10.0. The third-order valence-corrected chi connectivity index (χ3v) is 2.50. The third-order valence-electron chi connectivity index (χ3n) is 2.50. The Morgan fingerprint density at radius 2 is 1.94 bits per heavy atom. The molecule has 0 saturated heterocycles. The fourth-order valence-electron chi connectivity index (χ4n) is 1.52. The molecule has 1 aromatic rings. The molecule has 94 valence electrons. The monoisotopic (exact) mass is 240 g/mol. The summed E-state index contributed by atoms with van der Waals surface area (Å²) in [7, 11) is 2.69. The molecular formula is C12H16O5. The quantitative estimate of drug-likeness (QED) is 0.752. The standard InChI is InChI=1S/C12H16O5/c1-7-6-8(4-5-9(7)16-2)10(13)11(14)12(15)17-3/h4-6,10-11,13-14H,1-3H3. The van der Waals surface area contributed by atoms with Gasteiger partial charge in [-0.25, -0.2) is 4.79 Å². The predicted molar refractivity (Wildman–Crippen MR) is 60.7 cm³/mol. The first-order valence-electron chi connectivity index (χ1n) is 5.09. The maximum atomic E-state index is 11.1. The molecule has 0 spiro atoms. The number of carbonyl (C=O) groups excluding carboxylic acids is 1. The second-order valence-corrected chi connectivity index (χ2v) is 3.64. The lowest BCUT2D eigenvalue weighted by molar-refractivity contribution is -0.156. The number of aryl methyl sites for hydroxylation is 1. The summed E-state index contributed by atoms with van der Waals surface area (Å²) >= 11 is 0. The summed E-state index contributed by atoms with van der Waals surface area (Å²) in [5, 5.41) is 19.3. The molecule has 1 rings (SSSR count). The largest absolute Gasteiger partial charge is 0.496 e. The Morgan fingerprint density at radius 3 is 2.41 bits per heavy atom. The third kappa shape index (κ3) is 2.95. The molecule has 0 aliphatic rings. The molecule has 2 N–H and O–H groups in total. The van der Waals surface area contributed by atoms with Gasteiger partial charge >= 0.3 is 5.97 Å². The van der Waals surface area contributed by atoms with Crippen molar-refractivity contribution < 1.29 is 24.5 Å². The van der Waals surface area contributed by atoms with Crippen LogP contribution in [0.2, 0.25) is 0 Å². The van der Waals surface area contributed by atoms with E-state index >= 15 is 0 Å². The molecule has 0 radical (unpaired) electrons. The van der Waals surface area contributed by atoms with E-state index in [1.807, 2.05) is 0 Å². The summed E-state index contributed by atoms with van der Waals surface area (Å²) in [5.74, 6) is -0.195. The second kappa shape index (κ2) is 5.65. The van der Waals surface area contributed by atoms with E-state index in [-0.39, 0.29) is 0 Å². The Labute approximate surface area is 99.6 Å². The summed E-state index contributed by atoms with van der Waals surface area (Å²) < 4.78 is 9.43. The van der Waals surface area contributed by atoms with Crippen LogP contribution < -0.4 is 4.74 Å². The molecule has 0 heterocycles. The Morgan fingerprint density at radius 1 is 1.29 bits per heavy atom. The number of hydrogen-bond donors (Lipinski definition) is 2. The molecule has 0 aliphatic heterocycles. The van der Waals surface area contributed by atoms with E-state index in [1.165, 1.54) is 0 Å². The molecule has 0 aliphatic carbocycles. The Bertz CT molecular complexity index is 402. The molecule has 2 unspecified atom stereocenters. The van der Waals surface area contributed by atoms with Gasteiger partial charge in [-0.3, -0.25) is 0 Å². The highest BCUT2D eigenvalue weighted by Crippen LogP contribution is 2.24. The average molecular weight is 240 g/mol. The van der Waals surface area contributed by atoms with E-state index in [1.54, 1.807) is 32.2 Å². The van der Waals surface area contributed by atoms with Gasteiger partial charge in [-0.05, 0) is 30.2 Å². The number of benzene rings is 1. The predicted octanol–water partition coefficient (Wildman–Crippen LogP) is 0.571. The lowest BCUT2D eigenvalue weighted by Gasteiger charge is -2.17. The van der Waals surface area contributed by atoms with Crippen molar-refractivity contribution >= 4 is 5.97 Å². The van der Waals surface area contributed by atoms with Gasteiger partial charge < -0.3 is 19.7 Å². The number of methoxy groups -OCH3 is 2. The molecule has 0 fully saturated rings. The van der Waals surface area contributed by atoms with Crippen molar-refractivity contribution in [2.24, 2.45) is 0 Å². The highest BCUT2D eigenvalue weighted by Gasteiger charge is 2.26. The molecule has 5 heteroatoms. The SMILES string of the molecule is COC(=O)C(O)C(O)c1ccc(OC)c(C)c1. The maximum Gasteiger partial charge on any atom is 0.337 e. The van der Waals surface area contributed by atoms with Crippen molar-refractivity contribution in [3.05, 3.63) is 29.3 Å². The maximum absolute atomic E-state index is 11.1. The summed E-state index contributed by atoms with van der Waals surface area (Å²) in [6.45, 7) is 1.81. The number of esters is 1. The molecule has 2 atom stereocenters. The van der Waals surface area contributed by atoms with Crippen molar-refractivity contribution in [3.63, 3.8) is 0 Å². The van der Waals surface area contributed by atoms with Gasteiger partial charge in [-0.15, -0.1) is 0 Å². The molecular weight excluding hydrogens is 224 g/mol. The molecule has 17 heavy (non-hydrogen) atoms. The minimum atomic E-state index is -1.59. The lowest BCUT2D eigenvalue weighted by atomic mass is 10.0. The Balaban J connectivity index is 2.93. The van der Waals surface area contributed by atoms with Crippen LogP contribution in [0, 0.1) is 6.92 Å². The van der Waals surface area contributed by atoms with E-state index in [4.69, 9.17) is 4.74 Å². The van der Waals surface area contributed by atoms with Crippen molar-refractivity contribution in [2.45, 2.75) is 19.1 Å². The molecule has 0 amide bonds. The van der Waals surface area contributed by atoms with E-state index < -0.39 is 18.2 Å². The first-order chi connectivity index (χ1) is 8.01. The first kappa shape index (κ1) is 13.5. The van der Waals surface area contributed by atoms with E-state index in [2.05, 4.69) is 4.74 Å². The van der Waals surface area contributed by atoms with Crippen molar-refractivity contribution in [3.8, 4) is 5.75 Å². The van der Waals surface area contributed by atoms with Crippen LogP contribution in [0.5, 0.6) is 5.75 Å². The number of rotatable bonds is 4. The van der Waals surface area contributed by atoms with Crippen LogP contribution in [0.15, 0.2) is 18.2 Å². The summed E-state index contributed by atoms with van der Waals surface area (Å²) in [6, 6.07) is 4.90. The van der Waals surface area contributed by atoms with Gasteiger partial charge in [0.25, 0.3) is 0 Å². The molecule has 1 aromatic carbocycles. The number of aliphatic hydroxyl groups excluding tert-OH is 2.